The highest BCUT2D eigenvalue weighted by Gasteiger charge is 2.27. The lowest BCUT2D eigenvalue weighted by Crippen LogP contribution is -2.42. The lowest BCUT2D eigenvalue weighted by atomic mass is 9.99. The molecule has 0 atom stereocenters. The number of piperidine rings is 1. The Hall–Kier alpha value is -1.17. The summed E-state index contributed by atoms with van der Waals surface area (Å²) in [5.41, 5.74) is 0.732. The van der Waals surface area contributed by atoms with Crippen LogP contribution in [-0.2, 0) is 18.2 Å². The van der Waals surface area contributed by atoms with Gasteiger partial charge in [-0.05, 0) is 52.0 Å². The summed E-state index contributed by atoms with van der Waals surface area (Å²) in [6, 6.07) is 2.18. The van der Waals surface area contributed by atoms with E-state index in [1.54, 1.807) is 0 Å². The van der Waals surface area contributed by atoms with Crippen LogP contribution < -0.4 is 0 Å². The summed E-state index contributed by atoms with van der Waals surface area (Å²) in [6.45, 7) is 13.5. The summed E-state index contributed by atoms with van der Waals surface area (Å²) in [4.78, 5) is 13.9. The van der Waals surface area contributed by atoms with Gasteiger partial charge >= 0.3 is 6.09 Å². The van der Waals surface area contributed by atoms with Gasteiger partial charge in [-0.15, -0.1) is 11.8 Å². The smallest absolute Gasteiger partial charge is 0.410 e. The molecule has 25 heavy (non-hydrogen) atoms. The fraction of sp³-hybridized carbons (Fsp3) is 0.789. The first-order chi connectivity index (χ1) is 11.8. The van der Waals surface area contributed by atoms with E-state index in [2.05, 4.69) is 18.1 Å². The van der Waals surface area contributed by atoms with Gasteiger partial charge < -0.3 is 9.64 Å². The number of hydrogen-bond donors (Lipinski definition) is 0. The largest absolute Gasteiger partial charge is 0.444 e. The molecule has 0 saturated carbocycles. The standard InChI is InChI=1S/C17H29N3O2S.C2H6/c1-6-14-11-15(19(5)18-14)23-12-13-7-9-20(10-8-13)16(21)22-17(2,3)4;1-2/h11,13H,6-10,12H2,1-5H3;1-2H3. The molecule has 1 saturated heterocycles. The highest BCUT2D eigenvalue weighted by Crippen LogP contribution is 2.27. The lowest BCUT2D eigenvalue weighted by Gasteiger charge is -2.33. The molecule has 1 amide bonds. The van der Waals surface area contributed by atoms with E-state index >= 15 is 0 Å². The molecule has 1 aliphatic heterocycles. The predicted molar refractivity (Wildman–Crippen MR) is 105 cm³/mol. The molecular formula is C19H35N3O2S. The number of aryl methyl sites for hydroxylation is 2. The Morgan fingerprint density at radius 1 is 1.32 bits per heavy atom. The molecule has 0 radical (unpaired) electrons. The van der Waals surface area contributed by atoms with Crippen LogP contribution in [0.4, 0.5) is 4.79 Å². The van der Waals surface area contributed by atoms with Crippen LogP contribution in [0, 0.1) is 5.92 Å². The van der Waals surface area contributed by atoms with Gasteiger partial charge in [-0.3, -0.25) is 4.68 Å². The van der Waals surface area contributed by atoms with Crippen molar-refractivity contribution < 1.29 is 9.53 Å². The average Bonchev–Trinajstić information content (AvgIpc) is 2.94. The van der Waals surface area contributed by atoms with Crippen LogP contribution >= 0.6 is 11.8 Å². The number of hydrogen-bond acceptors (Lipinski definition) is 4. The number of nitrogens with zero attached hydrogens (tertiary/aromatic N) is 3. The van der Waals surface area contributed by atoms with Crippen molar-refractivity contribution >= 4 is 17.9 Å². The first-order valence-corrected chi connectivity index (χ1v) is 10.4. The molecule has 5 nitrogen and oxygen atoms in total. The van der Waals surface area contributed by atoms with Gasteiger partial charge in [-0.1, -0.05) is 20.8 Å². The molecule has 144 valence electrons. The summed E-state index contributed by atoms with van der Waals surface area (Å²) in [5, 5.41) is 5.72. The van der Waals surface area contributed by atoms with Crippen LogP contribution in [0.3, 0.4) is 0 Å². The van der Waals surface area contributed by atoms with E-state index in [-0.39, 0.29) is 6.09 Å². The Labute approximate surface area is 157 Å². The second-order valence-electron chi connectivity index (χ2n) is 7.17. The second kappa shape index (κ2) is 10.1. The molecular weight excluding hydrogens is 334 g/mol. The highest BCUT2D eigenvalue weighted by molar-refractivity contribution is 7.99. The number of likely N-dealkylation sites (tertiary alicyclic amines) is 1. The summed E-state index contributed by atoms with van der Waals surface area (Å²) < 4.78 is 7.41. The van der Waals surface area contributed by atoms with Gasteiger partial charge in [0.25, 0.3) is 0 Å². The number of thioether (sulfide) groups is 1. The van der Waals surface area contributed by atoms with Crippen LogP contribution in [0.1, 0.15) is 60.1 Å². The van der Waals surface area contributed by atoms with Gasteiger partial charge in [-0.25, -0.2) is 4.79 Å². The molecule has 0 N–H and O–H groups in total. The summed E-state index contributed by atoms with van der Waals surface area (Å²) >= 11 is 1.88. The van der Waals surface area contributed by atoms with Crippen LogP contribution in [0.2, 0.25) is 0 Å². The van der Waals surface area contributed by atoms with E-state index < -0.39 is 5.60 Å². The van der Waals surface area contributed by atoms with Crippen molar-refractivity contribution in [2.45, 2.75) is 71.4 Å². The summed E-state index contributed by atoms with van der Waals surface area (Å²) in [5.74, 6) is 1.74. The Balaban J connectivity index is 0.00000151. The molecule has 1 aliphatic rings. The molecule has 2 heterocycles. The Morgan fingerprint density at radius 2 is 1.92 bits per heavy atom. The minimum absolute atomic E-state index is 0.178. The predicted octanol–water partition coefficient (Wildman–Crippen LogP) is 4.75. The van der Waals surface area contributed by atoms with Crippen LogP contribution in [-0.4, -0.2) is 45.2 Å². The third-order valence-corrected chi connectivity index (χ3v) is 5.30. The minimum atomic E-state index is -0.416. The zero-order valence-corrected chi connectivity index (χ0v) is 17.8. The van der Waals surface area contributed by atoms with Crippen molar-refractivity contribution in [2.75, 3.05) is 18.8 Å². The van der Waals surface area contributed by atoms with Crippen molar-refractivity contribution in [1.29, 1.82) is 0 Å². The molecule has 0 spiro atoms. The number of amides is 1. The lowest BCUT2D eigenvalue weighted by molar-refractivity contribution is 0.0191. The fourth-order valence-corrected chi connectivity index (χ4v) is 3.81. The third kappa shape index (κ3) is 7.30. The van der Waals surface area contributed by atoms with Crippen molar-refractivity contribution in [3.05, 3.63) is 11.8 Å². The summed E-state index contributed by atoms with van der Waals surface area (Å²) in [6.07, 6.45) is 2.89. The molecule has 6 heteroatoms. The molecule has 1 aromatic rings. The van der Waals surface area contributed by atoms with E-state index in [1.165, 1.54) is 5.03 Å². The minimum Gasteiger partial charge on any atom is -0.444 e. The van der Waals surface area contributed by atoms with Gasteiger partial charge in [0.05, 0.1) is 10.7 Å². The SMILES string of the molecule is CC.CCc1cc(SCC2CCN(C(=O)OC(C)(C)C)CC2)n(C)n1. The molecule has 1 fully saturated rings. The molecule has 0 bridgehead atoms. The molecule has 0 aliphatic carbocycles. The number of ether oxygens (including phenoxy) is 1. The highest BCUT2D eigenvalue weighted by atomic mass is 32.2. The van der Waals surface area contributed by atoms with E-state index in [4.69, 9.17) is 4.74 Å². The van der Waals surface area contributed by atoms with E-state index in [9.17, 15) is 4.79 Å². The topological polar surface area (TPSA) is 47.4 Å². The van der Waals surface area contributed by atoms with Crippen molar-refractivity contribution in [2.24, 2.45) is 13.0 Å². The Morgan fingerprint density at radius 3 is 2.40 bits per heavy atom. The molecule has 2 rings (SSSR count). The maximum atomic E-state index is 12.1. The normalized spacial score (nSPS) is 15.6. The first-order valence-electron chi connectivity index (χ1n) is 9.42. The molecule has 0 unspecified atom stereocenters. The van der Waals surface area contributed by atoms with Gasteiger partial charge in [0.2, 0.25) is 0 Å². The maximum Gasteiger partial charge on any atom is 0.410 e. The van der Waals surface area contributed by atoms with Crippen molar-refractivity contribution in [1.82, 2.24) is 14.7 Å². The third-order valence-electron chi connectivity index (χ3n) is 3.98. The maximum absolute atomic E-state index is 12.1. The first kappa shape index (κ1) is 21.9. The Bertz CT molecular complexity index is 529. The number of rotatable bonds is 4. The van der Waals surface area contributed by atoms with Crippen LogP contribution in [0.25, 0.3) is 0 Å². The van der Waals surface area contributed by atoms with Crippen LogP contribution in [0.5, 0.6) is 0 Å². The quantitative estimate of drug-likeness (QED) is 0.719. The zero-order chi connectivity index (χ0) is 19.0. The van der Waals surface area contributed by atoms with Gasteiger partial charge in [0, 0.05) is 25.9 Å². The zero-order valence-electron chi connectivity index (χ0n) is 17.0. The number of carbonyl (C=O) groups is 1. The van der Waals surface area contributed by atoms with Crippen LogP contribution in [0.15, 0.2) is 11.1 Å². The van der Waals surface area contributed by atoms with Gasteiger partial charge in [0.1, 0.15) is 5.60 Å². The Kier molecular flexibility index (Phi) is 8.83. The van der Waals surface area contributed by atoms with Crippen molar-refractivity contribution in [3.8, 4) is 0 Å². The number of aromatic nitrogens is 2. The number of carbonyl (C=O) groups excluding carboxylic acids is 1. The van der Waals surface area contributed by atoms with E-state index in [0.29, 0.717) is 5.92 Å². The van der Waals surface area contributed by atoms with Gasteiger partial charge in [-0.2, -0.15) is 5.10 Å². The summed E-state index contributed by atoms with van der Waals surface area (Å²) in [7, 11) is 2.01. The molecule has 1 aromatic heterocycles. The monoisotopic (exact) mass is 369 g/mol. The molecule has 0 aromatic carbocycles. The van der Waals surface area contributed by atoms with Gasteiger partial charge in [0.15, 0.2) is 0 Å². The van der Waals surface area contributed by atoms with Crippen molar-refractivity contribution in [3.63, 3.8) is 0 Å². The van der Waals surface area contributed by atoms with E-state index in [1.807, 2.05) is 63.0 Å². The second-order valence-corrected chi connectivity index (χ2v) is 8.21. The average molecular weight is 370 g/mol. The fourth-order valence-electron chi connectivity index (χ4n) is 2.63. The van der Waals surface area contributed by atoms with E-state index in [0.717, 1.165) is 43.8 Å².